The van der Waals surface area contributed by atoms with E-state index in [0.717, 1.165) is 27.2 Å². The van der Waals surface area contributed by atoms with E-state index in [1.165, 1.54) is 13.2 Å². The minimum atomic E-state index is -1.19. The summed E-state index contributed by atoms with van der Waals surface area (Å²) in [5.41, 5.74) is 4.24. The average Bonchev–Trinajstić information content (AvgIpc) is 3.18. The number of ether oxygens (including phenoxy) is 2. The van der Waals surface area contributed by atoms with E-state index >= 15 is 0 Å². The second kappa shape index (κ2) is 10.9. The van der Waals surface area contributed by atoms with E-state index in [0.29, 0.717) is 5.56 Å². The monoisotopic (exact) mass is 517 g/mol. The SMILES string of the molecule is CN(C(=O)OCC1c2ccccc2-c2ccccc21)C(Cc1ccnc(NC(=O)OC(C)(C)C)c1)C(=O)O. The lowest BCUT2D eigenvalue weighted by Crippen LogP contribution is -2.44. The number of anilines is 1. The number of fused-ring (bicyclic) bond motifs is 3. The zero-order chi connectivity index (χ0) is 27.4. The topological polar surface area (TPSA) is 118 Å². The van der Waals surface area contributed by atoms with E-state index in [9.17, 15) is 19.5 Å². The molecule has 1 unspecified atom stereocenters. The summed E-state index contributed by atoms with van der Waals surface area (Å²) in [4.78, 5) is 42.3. The summed E-state index contributed by atoms with van der Waals surface area (Å²) in [6.07, 6.45) is 0.0311. The van der Waals surface area contributed by atoms with Crippen molar-refractivity contribution in [1.29, 1.82) is 0 Å². The molecular weight excluding hydrogens is 486 g/mol. The van der Waals surface area contributed by atoms with Gasteiger partial charge in [0.25, 0.3) is 0 Å². The van der Waals surface area contributed by atoms with E-state index in [-0.39, 0.29) is 24.8 Å². The van der Waals surface area contributed by atoms with Crippen LogP contribution >= 0.6 is 0 Å². The van der Waals surface area contributed by atoms with Crippen molar-refractivity contribution in [1.82, 2.24) is 9.88 Å². The highest BCUT2D eigenvalue weighted by Crippen LogP contribution is 2.44. The Labute approximate surface area is 221 Å². The molecule has 198 valence electrons. The summed E-state index contributed by atoms with van der Waals surface area (Å²) < 4.78 is 10.9. The molecule has 0 saturated heterocycles. The van der Waals surface area contributed by atoms with Crippen molar-refractivity contribution >= 4 is 24.0 Å². The summed E-state index contributed by atoms with van der Waals surface area (Å²) in [5, 5.41) is 12.4. The van der Waals surface area contributed by atoms with Gasteiger partial charge in [-0.05, 0) is 60.7 Å². The highest BCUT2D eigenvalue weighted by molar-refractivity contribution is 5.84. The number of pyridine rings is 1. The van der Waals surface area contributed by atoms with Gasteiger partial charge in [0.2, 0.25) is 0 Å². The van der Waals surface area contributed by atoms with Gasteiger partial charge in [-0.2, -0.15) is 0 Å². The molecule has 3 aromatic rings. The first kappa shape index (κ1) is 26.7. The maximum atomic E-state index is 13.0. The predicted octanol–water partition coefficient (Wildman–Crippen LogP) is 5.31. The molecule has 1 aromatic heterocycles. The van der Waals surface area contributed by atoms with Crippen LogP contribution in [0.3, 0.4) is 0 Å². The van der Waals surface area contributed by atoms with Gasteiger partial charge < -0.3 is 14.6 Å². The number of nitrogens with zero attached hydrogens (tertiary/aromatic N) is 2. The van der Waals surface area contributed by atoms with Crippen LogP contribution in [0.15, 0.2) is 66.9 Å². The Hall–Kier alpha value is -4.40. The number of hydrogen-bond donors (Lipinski definition) is 2. The maximum Gasteiger partial charge on any atom is 0.413 e. The van der Waals surface area contributed by atoms with Crippen LogP contribution < -0.4 is 5.32 Å². The van der Waals surface area contributed by atoms with E-state index < -0.39 is 29.8 Å². The summed E-state index contributed by atoms with van der Waals surface area (Å²) in [6, 6.07) is 18.0. The van der Waals surface area contributed by atoms with Crippen LogP contribution in [-0.2, 0) is 20.7 Å². The molecule has 2 amide bonds. The fourth-order valence-electron chi connectivity index (χ4n) is 4.51. The molecule has 1 aliphatic rings. The Balaban J connectivity index is 1.42. The molecule has 0 spiro atoms. The Morgan fingerprint density at radius 1 is 1.03 bits per heavy atom. The largest absolute Gasteiger partial charge is 0.480 e. The average molecular weight is 518 g/mol. The minimum Gasteiger partial charge on any atom is -0.480 e. The Morgan fingerprint density at radius 2 is 1.63 bits per heavy atom. The van der Waals surface area contributed by atoms with Gasteiger partial charge in [-0.3, -0.25) is 10.2 Å². The molecule has 0 radical (unpaired) electrons. The van der Waals surface area contributed by atoms with Gasteiger partial charge in [-0.15, -0.1) is 0 Å². The number of carboxylic acids is 1. The number of carbonyl (C=O) groups is 3. The van der Waals surface area contributed by atoms with Crippen molar-refractivity contribution in [2.75, 3.05) is 19.0 Å². The van der Waals surface area contributed by atoms with Crippen molar-refractivity contribution in [3.05, 3.63) is 83.6 Å². The zero-order valence-electron chi connectivity index (χ0n) is 21.8. The first-order chi connectivity index (χ1) is 18.0. The lowest BCUT2D eigenvalue weighted by atomic mass is 9.98. The summed E-state index contributed by atoms with van der Waals surface area (Å²) >= 11 is 0. The number of rotatable bonds is 7. The van der Waals surface area contributed by atoms with Crippen molar-refractivity contribution < 1.29 is 29.0 Å². The van der Waals surface area contributed by atoms with E-state index in [2.05, 4.69) is 10.3 Å². The third-order valence-corrected chi connectivity index (χ3v) is 6.26. The molecule has 0 saturated carbocycles. The Bertz CT molecular complexity index is 1300. The molecule has 9 nitrogen and oxygen atoms in total. The van der Waals surface area contributed by atoms with Gasteiger partial charge >= 0.3 is 18.2 Å². The molecule has 2 N–H and O–H groups in total. The molecule has 0 fully saturated rings. The van der Waals surface area contributed by atoms with E-state index in [4.69, 9.17) is 9.47 Å². The molecule has 38 heavy (non-hydrogen) atoms. The molecule has 9 heteroatoms. The fourth-order valence-corrected chi connectivity index (χ4v) is 4.51. The van der Waals surface area contributed by atoms with Crippen molar-refractivity contribution in [2.45, 2.75) is 44.8 Å². The highest BCUT2D eigenvalue weighted by Gasteiger charge is 2.32. The lowest BCUT2D eigenvalue weighted by molar-refractivity contribution is -0.142. The first-order valence-corrected chi connectivity index (χ1v) is 12.3. The molecule has 4 rings (SSSR count). The molecule has 1 aliphatic carbocycles. The van der Waals surface area contributed by atoms with Crippen molar-refractivity contribution in [2.24, 2.45) is 0 Å². The van der Waals surface area contributed by atoms with E-state index in [1.807, 2.05) is 48.5 Å². The molecule has 0 bridgehead atoms. The van der Waals surface area contributed by atoms with Gasteiger partial charge in [-0.1, -0.05) is 48.5 Å². The van der Waals surface area contributed by atoms with Crippen molar-refractivity contribution in [3.63, 3.8) is 0 Å². The zero-order valence-corrected chi connectivity index (χ0v) is 21.8. The van der Waals surface area contributed by atoms with Crippen LogP contribution in [-0.4, -0.2) is 58.4 Å². The maximum absolute atomic E-state index is 13.0. The molecule has 1 heterocycles. The third-order valence-electron chi connectivity index (χ3n) is 6.26. The van der Waals surface area contributed by atoms with Crippen molar-refractivity contribution in [3.8, 4) is 11.1 Å². The van der Waals surface area contributed by atoms with E-state index in [1.54, 1.807) is 32.9 Å². The summed E-state index contributed by atoms with van der Waals surface area (Å²) in [5.74, 6) is -1.10. The number of aliphatic carboxylic acids is 1. The first-order valence-electron chi connectivity index (χ1n) is 12.3. The molecule has 0 aliphatic heterocycles. The lowest BCUT2D eigenvalue weighted by Gasteiger charge is -2.25. The highest BCUT2D eigenvalue weighted by atomic mass is 16.6. The van der Waals surface area contributed by atoms with Crippen LogP contribution in [0, 0.1) is 0 Å². The van der Waals surface area contributed by atoms with Gasteiger partial charge in [0.15, 0.2) is 0 Å². The quantitative estimate of drug-likeness (QED) is 0.436. The Kier molecular flexibility index (Phi) is 7.66. The van der Waals surface area contributed by atoms with Gasteiger partial charge in [0.1, 0.15) is 24.1 Å². The number of carboxylic acid groups (broad SMARTS) is 1. The number of aromatic nitrogens is 1. The smallest absolute Gasteiger partial charge is 0.413 e. The molecule has 2 aromatic carbocycles. The minimum absolute atomic E-state index is 0.0124. The van der Waals surface area contributed by atoms with Gasteiger partial charge in [-0.25, -0.2) is 19.4 Å². The van der Waals surface area contributed by atoms with Crippen LogP contribution in [0.25, 0.3) is 11.1 Å². The fraction of sp³-hybridized carbons (Fsp3) is 0.310. The third kappa shape index (κ3) is 6.11. The number of benzene rings is 2. The number of amides is 2. The summed E-state index contributed by atoms with van der Waals surface area (Å²) in [7, 11) is 1.40. The number of hydrogen-bond acceptors (Lipinski definition) is 6. The summed E-state index contributed by atoms with van der Waals surface area (Å²) in [6.45, 7) is 5.32. The molecular formula is C29H31N3O6. The number of carbonyl (C=O) groups excluding carboxylic acids is 2. The van der Waals surface area contributed by atoms with Crippen LogP contribution in [0.5, 0.6) is 0 Å². The number of likely N-dealkylation sites (N-methyl/N-ethyl adjacent to an activating group) is 1. The Morgan fingerprint density at radius 3 is 2.21 bits per heavy atom. The van der Waals surface area contributed by atoms with Crippen LogP contribution in [0.1, 0.15) is 43.4 Å². The van der Waals surface area contributed by atoms with Gasteiger partial charge in [0, 0.05) is 25.6 Å². The number of nitrogens with one attached hydrogen (secondary N) is 1. The second-order valence-electron chi connectivity index (χ2n) is 10.1. The van der Waals surface area contributed by atoms with Crippen LogP contribution in [0.4, 0.5) is 15.4 Å². The van der Waals surface area contributed by atoms with Crippen LogP contribution in [0.2, 0.25) is 0 Å². The standard InChI is InChI=1S/C29H31N3O6/c1-29(2,3)38-27(35)31-25-16-18(13-14-30-25)15-24(26(33)34)32(4)28(36)37-17-23-21-11-7-5-9-19(21)20-10-6-8-12-22(20)23/h5-14,16,23-24H,15,17H2,1-4H3,(H,33,34)(H,30,31,35). The molecule has 1 atom stereocenters. The predicted molar refractivity (Wildman–Crippen MR) is 142 cm³/mol. The normalized spacial score (nSPS) is 13.2. The second-order valence-corrected chi connectivity index (χ2v) is 10.1. The van der Waals surface area contributed by atoms with Gasteiger partial charge in [0.05, 0.1) is 0 Å².